The van der Waals surface area contributed by atoms with Gasteiger partial charge in [0, 0.05) is 6.20 Å². The highest BCUT2D eigenvalue weighted by atomic mass is 79.9. The van der Waals surface area contributed by atoms with Crippen LogP contribution in [0.25, 0.3) is 10.8 Å². The summed E-state index contributed by atoms with van der Waals surface area (Å²) >= 11 is 3.33. The van der Waals surface area contributed by atoms with E-state index in [1.807, 2.05) is 37.4 Å². The van der Waals surface area contributed by atoms with Gasteiger partial charge in [-0.15, -0.1) is 0 Å². The van der Waals surface area contributed by atoms with Gasteiger partial charge in [0.25, 0.3) is 5.56 Å². The number of hydrogen-bond donors (Lipinski definition) is 0. The van der Waals surface area contributed by atoms with Crippen LogP contribution in [0.15, 0.2) is 64.0 Å². The summed E-state index contributed by atoms with van der Waals surface area (Å²) < 4.78 is 2.36. The van der Waals surface area contributed by atoms with Gasteiger partial charge in [-0.1, -0.05) is 42.5 Å². The van der Waals surface area contributed by atoms with E-state index >= 15 is 0 Å². The number of benzene rings is 2. The first-order valence-corrected chi connectivity index (χ1v) is 7.28. The monoisotopic (exact) mass is 327 g/mol. The SMILES string of the molecule is Cc1cc(Br)c(=O)n(Cc2cccc3ccccc23)c1. The molecule has 0 aliphatic carbocycles. The van der Waals surface area contributed by atoms with Gasteiger partial charge in [0.1, 0.15) is 0 Å². The predicted molar refractivity (Wildman–Crippen MR) is 86.2 cm³/mol. The van der Waals surface area contributed by atoms with Gasteiger partial charge in [0.2, 0.25) is 0 Å². The Labute approximate surface area is 125 Å². The molecule has 20 heavy (non-hydrogen) atoms. The second-order valence-electron chi connectivity index (χ2n) is 4.94. The molecule has 0 spiro atoms. The van der Waals surface area contributed by atoms with Crippen LogP contribution in [-0.2, 0) is 6.54 Å². The number of aryl methyl sites for hydroxylation is 1. The average Bonchev–Trinajstić information content (AvgIpc) is 2.44. The number of hydrogen-bond acceptors (Lipinski definition) is 1. The van der Waals surface area contributed by atoms with Crippen LogP contribution in [0, 0.1) is 6.92 Å². The minimum atomic E-state index is 0.00327. The molecule has 0 radical (unpaired) electrons. The van der Waals surface area contributed by atoms with Crippen LogP contribution in [0.3, 0.4) is 0 Å². The molecule has 1 heterocycles. The van der Waals surface area contributed by atoms with Crippen LogP contribution in [0.5, 0.6) is 0 Å². The van der Waals surface area contributed by atoms with E-state index in [0.717, 1.165) is 11.1 Å². The molecule has 0 fully saturated rings. The second kappa shape index (κ2) is 5.25. The number of halogens is 1. The fourth-order valence-electron chi connectivity index (χ4n) is 2.47. The molecule has 3 rings (SSSR count). The molecular weight excluding hydrogens is 314 g/mol. The molecule has 0 amide bonds. The molecule has 1 aromatic heterocycles. The lowest BCUT2D eigenvalue weighted by atomic mass is 10.0. The maximum Gasteiger partial charge on any atom is 0.265 e. The summed E-state index contributed by atoms with van der Waals surface area (Å²) in [6.07, 6.45) is 1.90. The highest BCUT2D eigenvalue weighted by Gasteiger charge is 2.05. The lowest BCUT2D eigenvalue weighted by Gasteiger charge is -2.10. The zero-order valence-corrected chi connectivity index (χ0v) is 12.7. The normalized spacial score (nSPS) is 10.9. The van der Waals surface area contributed by atoms with Gasteiger partial charge in [-0.3, -0.25) is 4.79 Å². The second-order valence-corrected chi connectivity index (χ2v) is 5.79. The van der Waals surface area contributed by atoms with Gasteiger partial charge in [-0.25, -0.2) is 0 Å². The number of aromatic nitrogens is 1. The summed E-state index contributed by atoms with van der Waals surface area (Å²) in [5.74, 6) is 0. The Morgan fingerprint density at radius 1 is 1.10 bits per heavy atom. The Hall–Kier alpha value is -1.87. The van der Waals surface area contributed by atoms with Crippen molar-refractivity contribution in [3.8, 4) is 0 Å². The van der Waals surface area contributed by atoms with E-state index in [2.05, 4.69) is 40.2 Å². The van der Waals surface area contributed by atoms with E-state index in [1.54, 1.807) is 4.57 Å². The van der Waals surface area contributed by atoms with Crippen LogP contribution >= 0.6 is 15.9 Å². The molecule has 0 saturated heterocycles. The van der Waals surface area contributed by atoms with Crippen molar-refractivity contribution in [2.45, 2.75) is 13.5 Å². The number of pyridine rings is 1. The van der Waals surface area contributed by atoms with Crippen LogP contribution < -0.4 is 5.56 Å². The third-order valence-electron chi connectivity index (χ3n) is 3.40. The molecular formula is C17H14BrNO. The summed E-state index contributed by atoms with van der Waals surface area (Å²) in [5.41, 5.74) is 2.22. The van der Waals surface area contributed by atoms with Crippen molar-refractivity contribution in [2.24, 2.45) is 0 Å². The van der Waals surface area contributed by atoms with Crippen LogP contribution in [-0.4, -0.2) is 4.57 Å². The van der Waals surface area contributed by atoms with Gasteiger partial charge in [0.05, 0.1) is 11.0 Å². The zero-order valence-electron chi connectivity index (χ0n) is 11.1. The topological polar surface area (TPSA) is 22.0 Å². The fourth-order valence-corrected chi connectivity index (χ4v) is 3.06. The smallest absolute Gasteiger partial charge is 0.265 e. The highest BCUT2D eigenvalue weighted by Crippen LogP contribution is 2.19. The Morgan fingerprint density at radius 3 is 2.70 bits per heavy atom. The molecule has 0 aliphatic heterocycles. The van der Waals surface area contributed by atoms with Crippen molar-refractivity contribution in [3.05, 3.63) is 80.7 Å². The van der Waals surface area contributed by atoms with E-state index in [1.165, 1.54) is 10.8 Å². The van der Waals surface area contributed by atoms with E-state index in [9.17, 15) is 4.79 Å². The minimum absolute atomic E-state index is 0.00327. The van der Waals surface area contributed by atoms with E-state index < -0.39 is 0 Å². The van der Waals surface area contributed by atoms with Crippen LogP contribution in [0.1, 0.15) is 11.1 Å². The first-order valence-electron chi connectivity index (χ1n) is 6.48. The predicted octanol–water partition coefficient (Wildman–Crippen LogP) is 4.12. The van der Waals surface area contributed by atoms with Crippen molar-refractivity contribution in [1.29, 1.82) is 0 Å². The Balaban J connectivity index is 2.13. The van der Waals surface area contributed by atoms with Crippen molar-refractivity contribution in [3.63, 3.8) is 0 Å². The maximum absolute atomic E-state index is 12.2. The first-order chi connectivity index (χ1) is 9.65. The number of fused-ring (bicyclic) bond motifs is 1. The van der Waals surface area contributed by atoms with E-state index in [0.29, 0.717) is 11.0 Å². The summed E-state index contributed by atoms with van der Waals surface area (Å²) in [7, 11) is 0. The standard InChI is InChI=1S/C17H14BrNO/c1-12-9-16(18)17(20)19(10-12)11-14-7-4-6-13-5-2-3-8-15(13)14/h2-10H,11H2,1H3. The van der Waals surface area contributed by atoms with Gasteiger partial charge < -0.3 is 4.57 Å². The van der Waals surface area contributed by atoms with Crippen LogP contribution in [0.4, 0.5) is 0 Å². The summed E-state index contributed by atoms with van der Waals surface area (Å²) in [6.45, 7) is 2.57. The maximum atomic E-state index is 12.2. The Kier molecular flexibility index (Phi) is 3.45. The zero-order chi connectivity index (χ0) is 14.1. The molecule has 100 valence electrons. The van der Waals surface area contributed by atoms with Crippen LogP contribution in [0.2, 0.25) is 0 Å². The molecule has 0 bridgehead atoms. The van der Waals surface area contributed by atoms with Crippen molar-refractivity contribution in [2.75, 3.05) is 0 Å². The molecule has 0 aliphatic rings. The largest absolute Gasteiger partial charge is 0.310 e. The molecule has 0 unspecified atom stereocenters. The quantitative estimate of drug-likeness (QED) is 0.694. The summed E-state index contributed by atoms with van der Waals surface area (Å²) in [4.78, 5) is 12.2. The Morgan fingerprint density at radius 2 is 1.85 bits per heavy atom. The minimum Gasteiger partial charge on any atom is -0.310 e. The molecule has 0 N–H and O–H groups in total. The summed E-state index contributed by atoms with van der Waals surface area (Å²) in [6, 6.07) is 16.3. The highest BCUT2D eigenvalue weighted by molar-refractivity contribution is 9.10. The first kappa shape index (κ1) is 13.1. The number of rotatable bonds is 2. The molecule has 3 heteroatoms. The molecule has 2 nitrogen and oxygen atoms in total. The van der Waals surface area contributed by atoms with Gasteiger partial charge in [0.15, 0.2) is 0 Å². The van der Waals surface area contributed by atoms with E-state index in [-0.39, 0.29) is 5.56 Å². The third kappa shape index (κ3) is 2.41. The van der Waals surface area contributed by atoms with Crippen molar-refractivity contribution >= 4 is 26.7 Å². The lowest BCUT2D eigenvalue weighted by Crippen LogP contribution is -2.21. The van der Waals surface area contributed by atoms with Gasteiger partial charge in [-0.05, 0) is 50.8 Å². The third-order valence-corrected chi connectivity index (χ3v) is 3.97. The number of nitrogens with zero attached hydrogens (tertiary/aromatic N) is 1. The van der Waals surface area contributed by atoms with Gasteiger partial charge >= 0.3 is 0 Å². The van der Waals surface area contributed by atoms with Gasteiger partial charge in [-0.2, -0.15) is 0 Å². The summed E-state index contributed by atoms with van der Waals surface area (Å²) in [5, 5.41) is 2.39. The lowest BCUT2D eigenvalue weighted by molar-refractivity contribution is 0.754. The molecule has 0 saturated carbocycles. The Bertz CT molecular complexity index is 831. The van der Waals surface area contributed by atoms with Crippen molar-refractivity contribution in [1.82, 2.24) is 4.57 Å². The van der Waals surface area contributed by atoms with Crippen molar-refractivity contribution < 1.29 is 0 Å². The average molecular weight is 328 g/mol. The molecule has 2 aromatic carbocycles. The molecule has 0 atom stereocenters. The fraction of sp³-hybridized carbons (Fsp3) is 0.118. The molecule has 3 aromatic rings. The van der Waals surface area contributed by atoms with E-state index in [4.69, 9.17) is 0 Å².